The molecular weight excluding hydrogens is 188 g/mol. The molecule has 0 fully saturated rings. The number of hydrogen-bond donors (Lipinski definition) is 1. The molecule has 0 aromatic carbocycles. The summed E-state index contributed by atoms with van der Waals surface area (Å²) in [4.78, 5) is 6.11. The van der Waals surface area contributed by atoms with Crippen molar-refractivity contribution in [1.29, 1.82) is 0 Å². The summed E-state index contributed by atoms with van der Waals surface area (Å²) >= 11 is 0. The highest BCUT2D eigenvalue weighted by molar-refractivity contribution is 5.21. The second kappa shape index (κ2) is 4.29. The van der Waals surface area contributed by atoms with Gasteiger partial charge < -0.3 is 10.0 Å². The Hall–Kier alpha value is -0.930. The van der Waals surface area contributed by atoms with Crippen LogP contribution in [0.2, 0.25) is 0 Å². The predicted molar refractivity (Wildman–Crippen MR) is 61.7 cm³/mol. The lowest BCUT2D eigenvalue weighted by Gasteiger charge is -2.37. The Morgan fingerprint density at radius 3 is 2.40 bits per heavy atom. The largest absolute Gasteiger partial charge is 0.386 e. The normalized spacial score (nSPS) is 14.3. The van der Waals surface area contributed by atoms with E-state index in [1.165, 1.54) is 0 Å². The van der Waals surface area contributed by atoms with E-state index in [1.54, 1.807) is 12.4 Å². The lowest BCUT2D eigenvalue weighted by molar-refractivity contribution is 0.0161. The van der Waals surface area contributed by atoms with Crippen molar-refractivity contribution in [2.24, 2.45) is 0 Å². The molecule has 1 unspecified atom stereocenters. The van der Waals surface area contributed by atoms with Crippen LogP contribution in [0.1, 0.15) is 31.1 Å². The van der Waals surface area contributed by atoms with Gasteiger partial charge in [0.15, 0.2) is 0 Å². The molecule has 1 N–H and O–H groups in total. The standard InChI is InChI=1S/C12H20N2O/c1-9-6-10(8-13-7-9)11(15)12(2,3)14(4)5/h6-8,11,15H,1-5H3. The number of aliphatic hydroxyl groups is 1. The fraction of sp³-hybridized carbons (Fsp3) is 0.583. The molecule has 0 radical (unpaired) electrons. The van der Waals surface area contributed by atoms with Gasteiger partial charge in [0, 0.05) is 23.5 Å². The lowest BCUT2D eigenvalue weighted by Crippen LogP contribution is -2.43. The molecule has 1 rings (SSSR count). The summed E-state index contributed by atoms with van der Waals surface area (Å²) in [6.07, 6.45) is 2.99. The topological polar surface area (TPSA) is 36.4 Å². The summed E-state index contributed by atoms with van der Waals surface area (Å²) in [7, 11) is 3.93. The molecule has 15 heavy (non-hydrogen) atoms. The molecule has 84 valence electrons. The van der Waals surface area contributed by atoms with Crippen LogP contribution in [0.4, 0.5) is 0 Å². The first kappa shape index (κ1) is 12.1. The number of aromatic nitrogens is 1. The molecule has 0 aliphatic heterocycles. The maximum atomic E-state index is 10.3. The van der Waals surface area contributed by atoms with E-state index in [4.69, 9.17) is 0 Å². The van der Waals surface area contributed by atoms with Crippen molar-refractivity contribution >= 4 is 0 Å². The first-order chi connectivity index (χ1) is 6.85. The van der Waals surface area contributed by atoms with Crippen molar-refractivity contribution < 1.29 is 5.11 Å². The van der Waals surface area contributed by atoms with Gasteiger partial charge in [0.05, 0.1) is 6.10 Å². The molecule has 0 aliphatic rings. The monoisotopic (exact) mass is 208 g/mol. The Morgan fingerprint density at radius 2 is 1.93 bits per heavy atom. The Bertz CT molecular complexity index is 334. The maximum absolute atomic E-state index is 10.3. The Kier molecular flexibility index (Phi) is 3.47. The highest BCUT2D eigenvalue weighted by Gasteiger charge is 2.31. The van der Waals surface area contributed by atoms with E-state index in [0.717, 1.165) is 11.1 Å². The third-order valence-electron chi connectivity index (χ3n) is 3.03. The van der Waals surface area contributed by atoms with E-state index in [1.807, 2.05) is 45.8 Å². The first-order valence-electron chi connectivity index (χ1n) is 5.12. The molecule has 3 nitrogen and oxygen atoms in total. The minimum atomic E-state index is -0.528. The van der Waals surface area contributed by atoms with E-state index in [2.05, 4.69) is 4.98 Å². The lowest BCUT2D eigenvalue weighted by atomic mass is 9.90. The van der Waals surface area contributed by atoms with Crippen molar-refractivity contribution in [3.8, 4) is 0 Å². The van der Waals surface area contributed by atoms with Gasteiger partial charge in [-0.15, -0.1) is 0 Å². The van der Waals surface area contributed by atoms with E-state index in [0.29, 0.717) is 0 Å². The van der Waals surface area contributed by atoms with Crippen molar-refractivity contribution in [3.63, 3.8) is 0 Å². The average molecular weight is 208 g/mol. The highest BCUT2D eigenvalue weighted by atomic mass is 16.3. The van der Waals surface area contributed by atoms with Crippen molar-refractivity contribution in [1.82, 2.24) is 9.88 Å². The molecule has 1 aromatic rings. The number of aryl methyl sites for hydroxylation is 1. The SMILES string of the molecule is Cc1cncc(C(O)C(C)(C)N(C)C)c1. The zero-order valence-corrected chi connectivity index (χ0v) is 10.2. The van der Waals surface area contributed by atoms with Gasteiger partial charge >= 0.3 is 0 Å². The Balaban J connectivity index is 2.99. The molecule has 0 aliphatic carbocycles. The van der Waals surface area contributed by atoms with Gasteiger partial charge in [0.25, 0.3) is 0 Å². The fourth-order valence-electron chi connectivity index (χ4n) is 1.38. The van der Waals surface area contributed by atoms with E-state index in [9.17, 15) is 5.11 Å². The van der Waals surface area contributed by atoms with Crippen molar-refractivity contribution in [2.75, 3.05) is 14.1 Å². The number of nitrogens with zero attached hydrogens (tertiary/aromatic N) is 2. The van der Waals surface area contributed by atoms with E-state index < -0.39 is 6.10 Å². The molecule has 0 bridgehead atoms. The van der Waals surface area contributed by atoms with Crippen LogP contribution in [0.25, 0.3) is 0 Å². The van der Waals surface area contributed by atoms with Crippen molar-refractivity contribution in [3.05, 3.63) is 29.6 Å². The van der Waals surface area contributed by atoms with Gasteiger partial charge in [-0.05, 0) is 40.4 Å². The molecule has 1 atom stereocenters. The van der Waals surface area contributed by atoms with E-state index in [-0.39, 0.29) is 5.54 Å². The van der Waals surface area contributed by atoms with E-state index >= 15 is 0 Å². The van der Waals surface area contributed by atoms with Crippen LogP contribution in [0.15, 0.2) is 18.5 Å². The van der Waals surface area contributed by atoms with Gasteiger partial charge in [-0.25, -0.2) is 0 Å². The van der Waals surface area contributed by atoms with Gasteiger partial charge in [0.1, 0.15) is 0 Å². The van der Waals surface area contributed by atoms with Gasteiger partial charge in [-0.3, -0.25) is 4.98 Å². The van der Waals surface area contributed by atoms with Crippen LogP contribution in [-0.4, -0.2) is 34.6 Å². The summed E-state index contributed by atoms with van der Waals surface area (Å²) in [5.74, 6) is 0. The van der Waals surface area contributed by atoms with Gasteiger partial charge in [0.2, 0.25) is 0 Å². The minimum absolute atomic E-state index is 0.296. The Labute approximate surface area is 91.8 Å². The third kappa shape index (κ3) is 2.55. The van der Waals surface area contributed by atoms with Crippen LogP contribution in [-0.2, 0) is 0 Å². The molecule has 0 spiro atoms. The first-order valence-corrected chi connectivity index (χ1v) is 5.12. The molecule has 0 amide bonds. The summed E-state index contributed by atoms with van der Waals surface area (Å²) in [5, 5.41) is 10.3. The molecule has 0 saturated carbocycles. The molecule has 3 heteroatoms. The van der Waals surface area contributed by atoms with Crippen LogP contribution in [0, 0.1) is 6.92 Å². The summed E-state index contributed by atoms with van der Waals surface area (Å²) < 4.78 is 0. The Morgan fingerprint density at radius 1 is 1.33 bits per heavy atom. The van der Waals surface area contributed by atoms with Crippen LogP contribution < -0.4 is 0 Å². The van der Waals surface area contributed by atoms with Gasteiger partial charge in [-0.2, -0.15) is 0 Å². The van der Waals surface area contributed by atoms with Crippen LogP contribution in [0.3, 0.4) is 0 Å². The fourth-order valence-corrected chi connectivity index (χ4v) is 1.38. The molecule has 0 saturated heterocycles. The zero-order chi connectivity index (χ0) is 11.6. The zero-order valence-electron chi connectivity index (χ0n) is 10.2. The number of likely N-dealkylation sites (N-methyl/N-ethyl adjacent to an activating group) is 1. The number of pyridine rings is 1. The summed E-state index contributed by atoms with van der Waals surface area (Å²) in [6.45, 7) is 6.01. The number of hydrogen-bond acceptors (Lipinski definition) is 3. The summed E-state index contributed by atoms with van der Waals surface area (Å²) in [5.41, 5.74) is 1.64. The maximum Gasteiger partial charge on any atom is 0.0982 e. The highest BCUT2D eigenvalue weighted by Crippen LogP contribution is 2.28. The minimum Gasteiger partial charge on any atom is -0.386 e. The predicted octanol–water partition coefficient (Wildman–Crippen LogP) is 1.76. The van der Waals surface area contributed by atoms with Gasteiger partial charge in [-0.1, -0.05) is 6.07 Å². The molecule has 1 aromatic heterocycles. The average Bonchev–Trinajstić information content (AvgIpc) is 2.16. The summed E-state index contributed by atoms with van der Waals surface area (Å²) in [6, 6.07) is 1.98. The third-order valence-corrected chi connectivity index (χ3v) is 3.03. The van der Waals surface area contributed by atoms with Crippen LogP contribution >= 0.6 is 0 Å². The smallest absolute Gasteiger partial charge is 0.0982 e. The second-order valence-corrected chi connectivity index (χ2v) is 4.75. The van der Waals surface area contributed by atoms with Crippen molar-refractivity contribution in [2.45, 2.75) is 32.4 Å². The molecular formula is C12H20N2O. The second-order valence-electron chi connectivity index (χ2n) is 4.75. The molecule has 1 heterocycles. The quantitative estimate of drug-likeness (QED) is 0.822. The number of aliphatic hydroxyl groups excluding tert-OH is 1. The van der Waals surface area contributed by atoms with Crippen LogP contribution in [0.5, 0.6) is 0 Å². The number of rotatable bonds is 3.